The van der Waals surface area contributed by atoms with E-state index in [1.165, 1.54) is 29.2 Å². The number of carbonyl (C=O) groups is 2. The summed E-state index contributed by atoms with van der Waals surface area (Å²) in [5, 5.41) is 0. The van der Waals surface area contributed by atoms with Crippen LogP contribution in [0.3, 0.4) is 0 Å². The lowest BCUT2D eigenvalue weighted by molar-refractivity contribution is 0.0706. The van der Waals surface area contributed by atoms with Crippen molar-refractivity contribution in [1.29, 1.82) is 0 Å². The molecular formula is C26H27FN2O4S. The van der Waals surface area contributed by atoms with Gasteiger partial charge < -0.3 is 4.90 Å². The molecule has 1 N–H and O–H groups in total. The van der Waals surface area contributed by atoms with Gasteiger partial charge in [0.25, 0.3) is 5.91 Å². The van der Waals surface area contributed by atoms with E-state index in [0.717, 1.165) is 0 Å². The molecule has 3 rings (SSSR count). The van der Waals surface area contributed by atoms with Crippen molar-refractivity contribution in [3.63, 3.8) is 0 Å². The highest BCUT2D eigenvalue weighted by molar-refractivity contribution is 7.88. The van der Waals surface area contributed by atoms with Crippen molar-refractivity contribution in [2.75, 3.05) is 13.1 Å². The fourth-order valence-corrected chi connectivity index (χ4v) is 4.68. The number of rotatable bonds is 10. The van der Waals surface area contributed by atoms with Gasteiger partial charge in [0.15, 0.2) is 5.78 Å². The van der Waals surface area contributed by atoms with Crippen LogP contribution in [-0.4, -0.2) is 44.1 Å². The van der Waals surface area contributed by atoms with Crippen molar-refractivity contribution in [3.8, 4) is 0 Å². The molecule has 0 saturated carbocycles. The summed E-state index contributed by atoms with van der Waals surface area (Å²) in [6, 6.07) is 20.2. The second-order valence-corrected chi connectivity index (χ2v) is 9.92. The quantitative estimate of drug-likeness (QED) is 0.443. The van der Waals surface area contributed by atoms with Crippen LogP contribution < -0.4 is 4.72 Å². The van der Waals surface area contributed by atoms with Crippen LogP contribution in [0, 0.1) is 5.82 Å². The number of hydrogen-bond acceptors (Lipinski definition) is 4. The fourth-order valence-electron chi connectivity index (χ4n) is 3.54. The summed E-state index contributed by atoms with van der Waals surface area (Å²) < 4.78 is 40.7. The van der Waals surface area contributed by atoms with Crippen LogP contribution in [0.2, 0.25) is 0 Å². The van der Waals surface area contributed by atoms with Gasteiger partial charge in [0.1, 0.15) is 5.82 Å². The summed E-state index contributed by atoms with van der Waals surface area (Å²) >= 11 is 0. The third-order valence-electron chi connectivity index (χ3n) is 5.27. The monoisotopic (exact) mass is 482 g/mol. The Morgan fingerprint density at radius 2 is 1.47 bits per heavy atom. The van der Waals surface area contributed by atoms with E-state index < -0.39 is 21.6 Å². The van der Waals surface area contributed by atoms with Crippen molar-refractivity contribution in [2.45, 2.75) is 25.6 Å². The number of ketones is 1. The maximum absolute atomic E-state index is 13.4. The predicted molar refractivity (Wildman–Crippen MR) is 130 cm³/mol. The van der Waals surface area contributed by atoms with Gasteiger partial charge in [0.2, 0.25) is 10.0 Å². The number of carbonyl (C=O) groups excluding carboxylic acids is 2. The Kier molecular flexibility index (Phi) is 8.31. The van der Waals surface area contributed by atoms with Gasteiger partial charge in [-0.05, 0) is 49.7 Å². The number of halogens is 1. The molecule has 3 aromatic rings. The number of amides is 1. The standard InChI is InChI=1S/C26H27FN2O4S/c1-19(2)29(17-16-28-34(32,33)18-20-8-4-3-5-9-20)26(31)24-11-7-6-10-23(24)25(30)21-12-14-22(27)15-13-21/h3-15,19,28H,16-18H2,1-2H3. The second kappa shape index (κ2) is 11.2. The van der Waals surface area contributed by atoms with Crippen LogP contribution in [0.4, 0.5) is 4.39 Å². The molecule has 0 atom stereocenters. The van der Waals surface area contributed by atoms with E-state index >= 15 is 0 Å². The molecular weight excluding hydrogens is 455 g/mol. The predicted octanol–water partition coefficient (Wildman–Crippen LogP) is 4.03. The normalized spacial score (nSPS) is 11.4. The zero-order valence-corrected chi connectivity index (χ0v) is 19.9. The smallest absolute Gasteiger partial charge is 0.254 e. The third-order valence-corrected chi connectivity index (χ3v) is 6.62. The van der Waals surface area contributed by atoms with Gasteiger partial charge in [0.05, 0.1) is 11.3 Å². The molecule has 0 heterocycles. The van der Waals surface area contributed by atoms with E-state index in [1.807, 2.05) is 19.9 Å². The molecule has 0 unspecified atom stereocenters. The molecule has 6 nitrogen and oxygen atoms in total. The molecule has 8 heteroatoms. The number of nitrogens with one attached hydrogen (secondary N) is 1. The van der Waals surface area contributed by atoms with Gasteiger partial charge in [-0.25, -0.2) is 17.5 Å². The van der Waals surface area contributed by atoms with Gasteiger partial charge in [-0.1, -0.05) is 48.5 Å². The lowest BCUT2D eigenvalue weighted by atomic mass is 9.97. The molecule has 0 aliphatic carbocycles. The minimum atomic E-state index is -3.58. The Balaban J connectivity index is 1.74. The Hall–Kier alpha value is -3.36. The first-order valence-corrected chi connectivity index (χ1v) is 12.5. The molecule has 0 saturated heterocycles. The van der Waals surface area contributed by atoms with Crippen LogP contribution in [0.25, 0.3) is 0 Å². The van der Waals surface area contributed by atoms with Crippen LogP contribution in [0.15, 0.2) is 78.9 Å². The number of nitrogens with zero attached hydrogens (tertiary/aromatic N) is 1. The zero-order chi connectivity index (χ0) is 24.7. The zero-order valence-electron chi connectivity index (χ0n) is 19.1. The highest BCUT2D eigenvalue weighted by Gasteiger charge is 2.24. The molecule has 0 fully saturated rings. The van der Waals surface area contributed by atoms with E-state index in [1.54, 1.807) is 48.5 Å². The minimum Gasteiger partial charge on any atom is -0.335 e. The largest absolute Gasteiger partial charge is 0.335 e. The summed E-state index contributed by atoms with van der Waals surface area (Å²) in [4.78, 5) is 27.9. The summed E-state index contributed by atoms with van der Waals surface area (Å²) in [7, 11) is -3.58. The Labute approximate surface area is 199 Å². The molecule has 0 bridgehead atoms. The van der Waals surface area contributed by atoms with Crippen LogP contribution >= 0.6 is 0 Å². The van der Waals surface area contributed by atoms with Gasteiger partial charge >= 0.3 is 0 Å². The summed E-state index contributed by atoms with van der Waals surface area (Å²) in [6.45, 7) is 3.80. The average Bonchev–Trinajstić information content (AvgIpc) is 2.81. The lowest BCUT2D eigenvalue weighted by Gasteiger charge is -2.27. The SMILES string of the molecule is CC(C)N(CCNS(=O)(=O)Cc1ccccc1)C(=O)c1ccccc1C(=O)c1ccc(F)cc1. The van der Waals surface area contributed by atoms with Crippen molar-refractivity contribution < 1.29 is 22.4 Å². The maximum Gasteiger partial charge on any atom is 0.254 e. The van der Waals surface area contributed by atoms with Gasteiger partial charge in [-0.3, -0.25) is 9.59 Å². The first-order valence-electron chi connectivity index (χ1n) is 10.9. The highest BCUT2D eigenvalue weighted by atomic mass is 32.2. The highest BCUT2D eigenvalue weighted by Crippen LogP contribution is 2.18. The maximum atomic E-state index is 13.4. The van der Waals surface area contributed by atoms with Gasteiger partial charge in [0, 0.05) is 30.3 Å². The molecule has 0 aliphatic heterocycles. The summed E-state index contributed by atoms with van der Waals surface area (Å²) in [6.07, 6.45) is 0. The topological polar surface area (TPSA) is 83.6 Å². The number of hydrogen-bond donors (Lipinski definition) is 1. The van der Waals surface area contributed by atoms with Crippen molar-refractivity contribution >= 4 is 21.7 Å². The van der Waals surface area contributed by atoms with Crippen LogP contribution in [0.5, 0.6) is 0 Å². The lowest BCUT2D eigenvalue weighted by Crippen LogP contribution is -2.43. The molecule has 34 heavy (non-hydrogen) atoms. The summed E-state index contributed by atoms with van der Waals surface area (Å²) in [5.41, 5.74) is 1.35. The van der Waals surface area contributed by atoms with Crippen LogP contribution in [0.1, 0.15) is 45.7 Å². The van der Waals surface area contributed by atoms with Crippen molar-refractivity contribution in [1.82, 2.24) is 9.62 Å². The number of sulfonamides is 1. The average molecular weight is 483 g/mol. The van der Waals surface area contributed by atoms with E-state index in [9.17, 15) is 22.4 Å². The van der Waals surface area contributed by atoms with E-state index in [4.69, 9.17) is 0 Å². The van der Waals surface area contributed by atoms with Crippen molar-refractivity contribution in [3.05, 3.63) is 107 Å². The van der Waals surface area contributed by atoms with Crippen LogP contribution in [-0.2, 0) is 15.8 Å². The van der Waals surface area contributed by atoms with Gasteiger partial charge in [-0.2, -0.15) is 0 Å². The molecule has 3 aromatic carbocycles. The molecule has 178 valence electrons. The Bertz CT molecular complexity index is 1240. The molecule has 0 radical (unpaired) electrons. The van der Waals surface area contributed by atoms with Gasteiger partial charge in [-0.15, -0.1) is 0 Å². The third kappa shape index (κ3) is 6.59. The second-order valence-electron chi connectivity index (χ2n) is 8.11. The fraction of sp³-hybridized carbons (Fsp3) is 0.231. The Morgan fingerprint density at radius 1 is 0.882 bits per heavy atom. The Morgan fingerprint density at radius 3 is 2.09 bits per heavy atom. The molecule has 0 aromatic heterocycles. The number of benzene rings is 3. The first-order chi connectivity index (χ1) is 16.2. The molecule has 0 aliphatic rings. The molecule has 0 spiro atoms. The summed E-state index contributed by atoms with van der Waals surface area (Å²) in [5.74, 6) is -1.39. The van der Waals surface area contributed by atoms with E-state index in [0.29, 0.717) is 5.56 Å². The van der Waals surface area contributed by atoms with E-state index in [2.05, 4.69) is 4.72 Å². The molecule has 1 amide bonds. The first kappa shape index (κ1) is 25.3. The van der Waals surface area contributed by atoms with Crippen molar-refractivity contribution in [2.24, 2.45) is 0 Å². The minimum absolute atomic E-state index is 0.0349. The van der Waals surface area contributed by atoms with E-state index in [-0.39, 0.29) is 47.5 Å².